The minimum Gasteiger partial charge on any atom is -0.355 e. The molecule has 5 nitrogen and oxygen atoms in total. The highest BCUT2D eigenvalue weighted by molar-refractivity contribution is 7.08. The Morgan fingerprint density at radius 3 is 2.90 bits per heavy atom. The smallest absolute Gasteiger partial charge is 0.252 e. The highest BCUT2D eigenvalue weighted by Crippen LogP contribution is 2.05. The normalized spacial score (nSPS) is 17.0. The van der Waals surface area contributed by atoms with E-state index in [2.05, 4.69) is 16.0 Å². The minimum absolute atomic E-state index is 0. The topological polar surface area (TPSA) is 70.2 Å². The predicted molar refractivity (Wildman–Crippen MR) is 87.2 cm³/mol. The SMILES string of the molecule is Cl.O=C(CCCNC(=O)c1ccsc1)NCC1CCCN1. The fourth-order valence-electron chi connectivity index (χ4n) is 2.20. The molecule has 1 aromatic rings. The average Bonchev–Trinajstić information content (AvgIpc) is 3.13. The van der Waals surface area contributed by atoms with Crippen LogP contribution in [0.2, 0.25) is 0 Å². The first-order valence-electron chi connectivity index (χ1n) is 7.06. The van der Waals surface area contributed by atoms with Crippen LogP contribution in [0.3, 0.4) is 0 Å². The zero-order chi connectivity index (χ0) is 14.2. The number of halogens is 1. The fraction of sp³-hybridized carbons (Fsp3) is 0.571. The van der Waals surface area contributed by atoms with Crippen LogP contribution in [0.15, 0.2) is 16.8 Å². The summed E-state index contributed by atoms with van der Waals surface area (Å²) >= 11 is 1.50. The van der Waals surface area contributed by atoms with E-state index in [-0.39, 0.29) is 24.2 Å². The number of rotatable bonds is 7. The second kappa shape index (κ2) is 9.76. The summed E-state index contributed by atoms with van der Waals surface area (Å²) in [5.74, 6) is -0.00899. The maximum atomic E-state index is 11.6. The van der Waals surface area contributed by atoms with Crippen LogP contribution in [-0.4, -0.2) is 37.5 Å². The molecule has 0 aliphatic carbocycles. The van der Waals surface area contributed by atoms with Crippen molar-refractivity contribution in [1.82, 2.24) is 16.0 Å². The summed E-state index contributed by atoms with van der Waals surface area (Å²) in [7, 11) is 0. The monoisotopic (exact) mass is 331 g/mol. The van der Waals surface area contributed by atoms with E-state index >= 15 is 0 Å². The Hall–Kier alpha value is -1.11. The second-order valence-corrected chi connectivity index (χ2v) is 5.75. The number of nitrogens with one attached hydrogen (secondary N) is 3. The van der Waals surface area contributed by atoms with Crippen molar-refractivity contribution in [3.05, 3.63) is 22.4 Å². The average molecular weight is 332 g/mol. The zero-order valence-corrected chi connectivity index (χ0v) is 13.5. The molecule has 21 heavy (non-hydrogen) atoms. The van der Waals surface area contributed by atoms with Crippen molar-refractivity contribution in [3.8, 4) is 0 Å². The summed E-state index contributed by atoms with van der Waals surface area (Å²) in [5, 5.41) is 12.8. The molecular weight excluding hydrogens is 310 g/mol. The van der Waals surface area contributed by atoms with Crippen LogP contribution in [-0.2, 0) is 4.79 Å². The summed E-state index contributed by atoms with van der Waals surface area (Å²) in [6.45, 7) is 2.29. The van der Waals surface area contributed by atoms with Crippen molar-refractivity contribution < 1.29 is 9.59 Å². The Morgan fingerprint density at radius 1 is 1.38 bits per heavy atom. The molecule has 2 heterocycles. The van der Waals surface area contributed by atoms with Crippen molar-refractivity contribution in [2.75, 3.05) is 19.6 Å². The van der Waals surface area contributed by atoms with Crippen LogP contribution in [0.4, 0.5) is 0 Å². The third kappa shape index (κ3) is 6.46. The molecular formula is C14H22ClN3O2S. The molecule has 1 fully saturated rings. The first-order chi connectivity index (χ1) is 9.75. The van der Waals surface area contributed by atoms with Gasteiger partial charge in [-0.1, -0.05) is 0 Å². The summed E-state index contributed by atoms with van der Waals surface area (Å²) in [5.41, 5.74) is 0.687. The lowest BCUT2D eigenvalue weighted by Crippen LogP contribution is -2.37. The van der Waals surface area contributed by atoms with Crippen LogP contribution in [0.5, 0.6) is 0 Å². The van der Waals surface area contributed by atoms with Gasteiger partial charge in [-0.2, -0.15) is 11.3 Å². The minimum atomic E-state index is -0.0678. The van der Waals surface area contributed by atoms with Gasteiger partial charge >= 0.3 is 0 Å². The molecule has 118 valence electrons. The molecule has 0 bridgehead atoms. The third-order valence-corrected chi connectivity index (χ3v) is 4.04. The molecule has 0 aromatic carbocycles. The summed E-state index contributed by atoms with van der Waals surface area (Å²) in [6.07, 6.45) is 3.45. The van der Waals surface area contributed by atoms with Crippen LogP contribution in [0, 0.1) is 0 Å². The Balaban J connectivity index is 0.00000220. The molecule has 1 saturated heterocycles. The summed E-state index contributed by atoms with van der Waals surface area (Å²) in [6, 6.07) is 2.22. The Labute approximate surface area is 135 Å². The first-order valence-corrected chi connectivity index (χ1v) is 8.00. The van der Waals surface area contributed by atoms with Gasteiger partial charge in [-0.3, -0.25) is 9.59 Å². The van der Waals surface area contributed by atoms with Gasteiger partial charge in [0.25, 0.3) is 5.91 Å². The van der Waals surface area contributed by atoms with E-state index in [1.165, 1.54) is 17.8 Å². The van der Waals surface area contributed by atoms with E-state index in [9.17, 15) is 9.59 Å². The molecule has 1 unspecified atom stereocenters. The third-order valence-electron chi connectivity index (χ3n) is 3.36. The lowest BCUT2D eigenvalue weighted by molar-refractivity contribution is -0.121. The van der Waals surface area contributed by atoms with Crippen molar-refractivity contribution in [3.63, 3.8) is 0 Å². The zero-order valence-electron chi connectivity index (χ0n) is 11.9. The molecule has 1 atom stereocenters. The van der Waals surface area contributed by atoms with Gasteiger partial charge in [0.05, 0.1) is 0 Å². The van der Waals surface area contributed by atoms with Crippen LogP contribution < -0.4 is 16.0 Å². The van der Waals surface area contributed by atoms with E-state index in [4.69, 9.17) is 0 Å². The second-order valence-electron chi connectivity index (χ2n) is 4.97. The fourth-order valence-corrected chi connectivity index (χ4v) is 2.84. The van der Waals surface area contributed by atoms with Crippen molar-refractivity contribution in [2.24, 2.45) is 0 Å². The van der Waals surface area contributed by atoms with E-state index in [1.807, 2.05) is 10.8 Å². The first kappa shape index (κ1) is 17.9. The quantitative estimate of drug-likeness (QED) is 0.664. The van der Waals surface area contributed by atoms with Gasteiger partial charge in [0.1, 0.15) is 0 Å². The molecule has 1 aliphatic rings. The Morgan fingerprint density at radius 2 is 2.24 bits per heavy atom. The lowest BCUT2D eigenvalue weighted by atomic mass is 10.2. The van der Waals surface area contributed by atoms with Gasteiger partial charge in [0.15, 0.2) is 0 Å². The van der Waals surface area contributed by atoms with E-state index in [0.717, 1.165) is 13.0 Å². The molecule has 0 saturated carbocycles. The van der Waals surface area contributed by atoms with Crippen molar-refractivity contribution in [2.45, 2.75) is 31.7 Å². The predicted octanol–water partition coefficient (Wildman–Crippen LogP) is 1.55. The van der Waals surface area contributed by atoms with Crippen LogP contribution >= 0.6 is 23.7 Å². The molecule has 0 spiro atoms. The number of thiophene rings is 1. The molecule has 1 aromatic heterocycles. The standard InChI is InChI=1S/C14H21N3O2S.ClH/c18-13(17-9-12-3-1-6-15-12)4-2-7-16-14(19)11-5-8-20-10-11;/h5,8,10,12,15H,1-4,6-7,9H2,(H,16,19)(H,17,18);1H. The van der Waals surface area contributed by atoms with E-state index in [1.54, 1.807) is 6.07 Å². The highest BCUT2D eigenvalue weighted by Gasteiger charge is 2.14. The van der Waals surface area contributed by atoms with Crippen LogP contribution in [0.1, 0.15) is 36.0 Å². The highest BCUT2D eigenvalue weighted by atomic mass is 35.5. The molecule has 2 amide bonds. The van der Waals surface area contributed by atoms with Gasteiger partial charge in [-0.25, -0.2) is 0 Å². The number of carbonyl (C=O) groups excluding carboxylic acids is 2. The molecule has 3 N–H and O–H groups in total. The van der Waals surface area contributed by atoms with Gasteiger partial charge in [-0.15, -0.1) is 12.4 Å². The van der Waals surface area contributed by atoms with Gasteiger partial charge in [0, 0.05) is 36.5 Å². The van der Waals surface area contributed by atoms with Gasteiger partial charge < -0.3 is 16.0 Å². The molecule has 2 rings (SSSR count). The summed E-state index contributed by atoms with van der Waals surface area (Å²) in [4.78, 5) is 23.3. The van der Waals surface area contributed by atoms with Crippen molar-refractivity contribution in [1.29, 1.82) is 0 Å². The summed E-state index contributed by atoms with van der Waals surface area (Å²) < 4.78 is 0. The number of hydrogen-bond donors (Lipinski definition) is 3. The Kier molecular flexibility index (Phi) is 8.34. The maximum Gasteiger partial charge on any atom is 0.252 e. The molecule has 1 aliphatic heterocycles. The molecule has 7 heteroatoms. The van der Waals surface area contributed by atoms with Gasteiger partial charge in [0.2, 0.25) is 5.91 Å². The van der Waals surface area contributed by atoms with E-state index in [0.29, 0.717) is 37.5 Å². The van der Waals surface area contributed by atoms with E-state index < -0.39 is 0 Å². The maximum absolute atomic E-state index is 11.6. The van der Waals surface area contributed by atoms with Gasteiger partial charge in [-0.05, 0) is 37.3 Å². The number of carbonyl (C=O) groups is 2. The Bertz CT molecular complexity index is 433. The lowest BCUT2D eigenvalue weighted by Gasteiger charge is -2.11. The number of hydrogen-bond acceptors (Lipinski definition) is 4. The largest absolute Gasteiger partial charge is 0.355 e. The number of amides is 2. The molecule has 0 radical (unpaired) electrons. The van der Waals surface area contributed by atoms with Crippen molar-refractivity contribution >= 4 is 35.6 Å². The van der Waals surface area contributed by atoms with Crippen LogP contribution in [0.25, 0.3) is 0 Å².